The highest BCUT2D eigenvalue weighted by Gasteiger charge is 2.81. The maximum absolute atomic E-state index is 14.0. The highest BCUT2D eigenvalue weighted by molar-refractivity contribution is 5.89. The van der Waals surface area contributed by atoms with Gasteiger partial charge in [0, 0.05) is 53.4 Å². The van der Waals surface area contributed by atoms with E-state index >= 15 is 0 Å². The topological polar surface area (TPSA) is 214 Å². The van der Waals surface area contributed by atoms with E-state index in [1.165, 1.54) is 39.8 Å². The average Bonchev–Trinajstić information content (AvgIpc) is 3.06. The van der Waals surface area contributed by atoms with Gasteiger partial charge in [-0.25, -0.2) is 4.79 Å². The summed E-state index contributed by atoms with van der Waals surface area (Å²) in [6.45, 7) is 12.4. The van der Waals surface area contributed by atoms with Crippen LogP contribution in [0, 0.1) is 16.7 Å². The van der Waals surface area contributed by atoms with E-state index in [0.717, 1.165) is 41.5 Å². The molecular formula is C39H48O16. The summed E-state index contributed by atoms with van der Waals surface area (Å²) in [5.41, 5.74) is -7.94. The summed E-state index contributed by atoms with van der Waals surface area (Å²) in [4.78, 5) is 92.6. The molecule has 2 saturated carbocycles. The van der Waals surface area contributed by atoms with Crippen LogP contribution in [-0.4, -0.2) is 107 Å². The number of aliphatic hydroxyl groups is 1. The summed E-state index contributed by atoms with van der Waals surface area (Å²) in [5.74, 6) is -7.64. The molecule has 2 bridgehead atoms. The quantitative estimate of drug-likeness (QED) is 0.228. The second-order valence-electron chi connectivity index (χ2n) is 15.4. The molecule has 1 N–H and O–H groups in total. The fourth-order valence-electron chi connectivity index (χ4n) is 9.59. The number of hydrogen-bond donors (Lipinski definition) is 1. The van der Waals surface area contributed by atoms with Gasteiger partial charge in [0.25, 0.3) is 0 Å². The van der Waals surface area contributed by atoms with Crippen molar-refractivity contribution in [2.45, 2.75) is 130 Å². The lowest BCUT2D eigenvalue weighted by atomic mass is 9.43. The Morgan fingerprint density at radius 2 is 1.20 bits per heavy atom. The van der Waals surface area contributed by atoms with Crippen molar-refractivity contribution < 1.29 is 76.6 Å². The summed E-state index contributed by atoms with van der Waals surface area (Å²) in [7, 11) is 0. The first-order chi connectivity index (χ1) is 25.5. The van der Waals surface area contributed by atoms with E-state index in [1.807, 2.05) is 0 Å². The lowest BCUT2D eigenvalue weighted by Gasteiger charge is -2.69. The normalized spacial score (nSPS) is 35.8. The highest BCUT2D eigenvalue weighted by Crippen LogP contribution is 2.66. The van der Waals surface area contributed by atoms with Crippen LogP contribution >= 0.6 is 0 Å². The van der Waals surface area contributed by atoms with Gasteiger partial charge in [-0.1, -0.05) is 39.0 Å². The smallest absolute Gasteiger partial charge is 0.338 e. The van der Waals surface area contributed by atoms with Gasteiger partial charge in [-0.2, -0.15) is 0 Å². The summed E-state index contributed by atoms with van der Waals surface area (Å²) < 4.78 is 48.5. The van der Waals surface area contributed by atoms with Gasteiger partial charge in [-0.05, 0) is 30.2 Å². The fourth-order valence-corrected chi connectivity index (χ4v) is 9.59. The summed E-state index contributed by atoms with van der Waals surface area (Å²) >= 11 is 0. The number of esters is 7. The third-order valence-corrected chi connectivity index (χ3v) is 11.6. The van der Waals surface area contributed by atoms with Crippen LogP contribution in [0.3, 0.4) is 0 Å². The molecule has 0 amide bonds. The minimum absolute atomic E-state index is 0.0571. The van der Waals surface area contributed by atoms with Crippen LogP contribution in [0.1, 0.15) is 86.0 Å². The zero-order valence-electron chi connectivity index (χ0n) is 32.5. The maximum atomic E-state index is 14.0. The number of fused-ring (bicyclic) bond motifs is 5. The van der Waals surface area contributed by atoms with E-state index in [-0.39, 0.29) is 29.7 Å². The van der Waals surface area contributed by atoms with Gasteiger partial charge in [-0.15, -0.1) is 0 Å². The highest BCUT2D eigenvalue weighted by atomic mass is 16.6. The molecule has 1 aliphatic heterocycles. The van der Waals surface area contributed by atoms with Crippen molar-refractivity contribution in [3.63, 3.8) is 0 Å². The molecule has 1 saturated heterocycles. The molecule has 4 aliphatic rings. The number of rotatable bonds is 8. The Labute approximate surface area is 318 Å². The molecule has 300 valence electrons. The third kappa shape index (κ3) is 6.76. The van der Waals surface area contributed by atoms with Crippen LogP contribution in [-0.2, 0) is 66.7 Å². The molecule has 55 heavy (non-hydrogen) atoms. The Bertz CT molecular complexity index is 1800. The zero-order chi connectivity index (χ0) is 41.0. The Morgan fingerprint density at radius 3 is 1.69 bits per heavy atom. The minimum Gasteiger partial charge on any atom is -0.462 e. The molecule has 5 rings (SSSR count). The first-order valence-corrected chi connectivity index (χ1v) is 17.9. The molecule has 16 nitrogen and oxygen atoms in total. The average molecular weight is 773 g/mol. The van der Waals surface area contributed by atoms with E-state index < -0.39 is 112 Å². The Kier molecular flexibility index (Phi) is 11.0. The van der Waals surface area contributed by atoms with Crippen LogP contribution in [0.25, 0.3) is 0 Å². The van der Waals surface area contributed by atoms with E-state index in [4.69, 9.17) is 37.9 Å². The number of carbonyl (C=O) groups excluding carboxylic acids is 7. The summed E-state index contributed by atoms with van der Waals surface area (Å²) in [5, 5.41) is 13.9. The second-order valence-corrected chi connectivity index (χ2v) is 15.4. The molecule has 0 aromatic heterocycles. The fraction of sp³-hybridized carbons (Fsp3) is 0.615. The SMILES string of the molecule is CC(=O)O[C@@H]1C2=C(C)[C@@H](OC(C)=O)[C@H](OC(=O)c3ccccc3)[C@](O)([C@@H](OC(C)=O)[C@@H]3[C@]4(OC(C)=O)CO[C@@H]4C[C@H](OC(C)=O)[C@@]3(C)[C@H]1OC(C)=O)C2(C)C. The number of ether oxygens (including phenoxy) is 8. The Balaban J connectivity index is 2.00. The zero-order valence-corrected chi connectivity index (χ0v) is 32.5. The van der Waals surface area contributed by atoms with Gasteiger partial charge in [0.2, 0.25) is 0 Å². The maximum Gasteiger partial charge on any atom is 0.338 e. The van der Waals surface area contributed by atoms with Crippen LogP contribution in [0.5, 0.6) is 0 Å². The van der Waals surface area contributed by atoms with Crippen LogP contribution < -0.4 is 0 Å². The molecule has 11 atom stereocenters. The van der Waals surface area contributed by atoms with Gasteiger partial charge in [0.05, 0.1) is 23.5 Å². The van der Waals surface area contributed by atoms with Gasteiger partial charge in [0.15, 0.2) is 35.6 Å². The standard InChI is InChI=1S/C39H48O16/c1-18-28-30(51-21(4)42)32(52-22(5)43)37(10)26(49-19(2)40)16-27-38(17-48-27,55-24(7)45)31(37)34(53-23(6)44)39(47,36(28,8)9)33(29(18)50-20(3)41)54-35(46)25-14-12-11-13-15-25/h11-15,26-27,29-34,47H,16-17H2,1-10H3/t26-,27+,29+,30+,31-,32-,33-,34-,37+,38-,39-/m0/s1. The lowest BCUT2D eigenvalue weighted by Crippen LogP contribution is -2.84. The first kappa shape index (κ1) is 41.3. The van der Waals surface area contributed by atoms with Crippen molar-refractivity contribution in [3.05, 3.63) is 47.0 Å². The Hall–Kier alpha value is -4.83. The molecule has 3 fully saturated rings. The van der Waals surface area contributed by atoms with E-state index in [1.54, 1.807) is 18.2 Å². The van der Waals surface area contributed by atoms with E-state index in [9.17, 15) is 38.7 Å². The van der Waals surface area contributed by atoms with Crippen LogP contribution in [0.4, 0.5) is 0 Å². The van der Waals surface area contributed by atoms with Crippen molar-refractivity contribution >= 4 is 41.8 Å². The molecule has 1 aromatic rings. The monoisotopic (exact) mass is 772 g/mol. The largest absolute Gasteiger partial charge is 0.462 e. The first-order valence-electron chi connectivity index (χ1n) is 17.9. The molecule has 1 heterocycles. The lowest BCUT2D eigenvalue weighted by molar-refractivity contribution is -0.372. The predicted octanol–water partition coefficient (Wildman–Crippen LogP) is 2.70. The summed E-state index contributed by atoms with van der Waals surface area (Å²) in [6, 6.07) is 7.77. The molecule has 0 spiro atoms. The molecule has 3 aliphatic carbocycles. The van der Waals surface area contributed by atoms with Gasteiger partial charge in [-0.3, -0.25) is 28.8 Å². The van der Waals surface area contributed by atoms with Crippen molar-refractivity contribution in [2.75, 3.05) is 6.61 Å². The predicted molar refractivity (Wildman–Crippen MR) is 185 cm³/mol. The van der Waals surface area contributed by atoms with Crippen molar-refractivity contribution in [2.24, 2.45) is 16.7 Å². The van der Waals surface area contributed by atoms with Gasteiger partial charge >= 0.3 is 41.8 Å². The van der Waals surface area contributed by atoms with Crippen molar-refractivity contribution in [1.29, 1.82) is 0 Å². The third-order valence-electron chi connectivity index (χ3n) is 11.6. The number of hydrogen-bond acceptors (Lipinski definition) is 16. The number of carbonyl (C=O) groups is 7. The van der Waals surface area contributed by atoms with Crippen molar-refractivity contribution in [3.8, 4) is 0 Å². The Morgan fingerprint density at radius 1 is 0.673 bits per heavy atom. The molecule has 1 aromatic carbocycles. The van der Waals surface area contributed by atoms with Crippen LogP contribution in [0.15, 0.2) is 41.5 Å². The van der Waals surface area contributed by atoms with Gasteiger partial charge < -0.3 is 43.0 Å². The van der Waals surface area contributed by atoms with Crippen LogP contribution in [0.2, 0.25) is 0 Å². The second kappa shape index (κ2) is 14.7. The van der Waals surface area contributed by atoms with Gasteiger partial charge in [0.1, 0.15) is 18.3 Å². The van der Waals surface area contributed by atoms with E-state index in [2.05, 4.69) is 0 Å². The molecule has 0 radical (unpaired) electrons. The number of benzene rings is 1. The van der Waals surface area contributed by atoms with Crippen molar-refractivity contribution in [1.82, 2.24) is 0 Å². The summed E-state index contributed by atoms with van der Waals surface area (Å²) in [6.07, 6.45) is -11.2. The van der Waals surface area contributed by atoms with E-state index in [0.29, 0.717) is 0 Å². The molecular weight excluding hydrogens is 724 g/mol. The minimum atomic E-state index is -2.69. The molecule has 16 heteroatoms. The molecule has 0 unspecified atom stereocenters.